The molecular formula is C19H21N5O3. The van der Waals surface area contributed by atoms with E-state index in [0.717, 1.165) is 22.5 Å². The zero-order valence-electron chi connectivity index (χ0n) is 15.5. The van der Waals surface area contributed by atoms with Crippen molar-refractivity contribution >= 4 is 11.6 Å². The fraction of sp³-hybridized carbons (Fsp3) is 0.263. The van der Waals surface area contributed by atoms with Crippen molar-refractivity contribution < 1.29 is 14.3 Å². The summed E-state index contributed by atoms with van der Waals surface area (Å²) in [7, 11) is 3.19. The van der Waals surface area contributed by atoms with E-state index in [1.807, 2.05) is 43.3 Å². The summed E-state index contributed by atoms with van der Waals surface area (Å²) >= 11 is 0. The Morgan fingerprint density at radius 2 is 1.93 bits per heavy atom. The molecular weight excluding hydrogens is 346 g/mol. The minimum atomic E-state index is -0.0562. The van der Waals surface area contributed by atoms with Crippen molar-refractivity contribution in [3.8, 4) is 17.2 Å². The molecule has 0 radical (unpaired) electrons. The molecule has 140 valence electrons. The van der Waals surface area contributed by atoms with Crippen molar-refractivity contribution in [3.05, 3.63) is 53.9 Å². The zero-order valence-corrected chi connectivity index (χ0v) is 15.5. The van der Waals surface area contributed by atoms with Gasteiger partial charge in [0, 0.05) is 12.1 Å². The molecule has 1 aromatic heterocycles. The van der Waals surface area contributed by atoms with Crippen molar-refractivity contribution in [1.82, 2.24) is 20.2 Å². The summed E-state index contributed by atoms with van der Waals surface area (Å²) in [6, 6.07) is 11.3. The molecule has 0 fully saturated rings. The standard InChI is InChI=1S/C19H21N5O3/c1-13-10-15(6-7-16(13)24-12-20-22-23-24)21-19(25)9-5-14-4-8-17(26-2)18(11-14)27-3/h4,6-8,10-12H,5,9H2,1-3H3,(H,21,25). The minimum Gasteiger partial charge on any atom is -0.493 e. The smallest absolute Gasteiger partial charge is 0.224 e. The highest BCUT2D eigenvalue weighted by molar-refractivity contribution is 5.91. The summed E-state index contributed by atoms with van der Waals surface area (Å²) in [4.78, 5) is 12.3. The predicted molar refractivity (Wildman–Crippen MR) is 100 cm³/mol. The van der Waals surface area contributed by atoms with Gasteiger partial charge in [0.25, 0.3) is 0 Å². The Bertz CT molecular complexity index is 925. The highest BCUT2D eigenvalue weighted by atomic mass is 16.5. The van der Waals surface area contributed by atoms with Gasteiger partial charge in [0.15, 0.2) is 11.5 Å². The molecule has 3 rings (SSSR count). The third kappa shape index (κ3) is 4.41. The summed E-state index contributed by atoms with van der Waals surface area (Å²) in [6.07, 6.45) is 2.50. The van der Waals surface area contributed by atoms with Gasteiger partial charge >= 0.3 is 0 Å². The molecule has 0 bridgehead atoms. The third-order valence-electron chi connectivity index (χ3n) is 4.17. The number of carbonyl (C=O) groups excluding carboxylic acids is 1. The molecule has 0 spiro atoms. The van der Waals surface area contributed by atoms with E-state index in [-0.39, 0.29) is 5.91 Å². The second kappa shape index (κ2) is 8.31. The van der Waals surface area contributed by atoms with Gasteiger partial charge in [0.05, 0.1) is 19.9 Å². The lowest BCUT2D eigenvalue weighted by atomic mass is 10.1. The quantitative estimate of drug-likeness (QED) is 0.690. The lowest BCUT2D eigenvalue weighted by Crippen LogP contribution is -2.12. The monoisotopic (exact) mass is 367 g/mol. The number of nitrogens with zero attached hydrogens (tertiary/aromatic N) is 4. The van der Waals surface area contributed by atoms with Crippen LogP contribution in [0.5, 0.6) is 11.5 Å². The van der Waals surface area contributed by atoms with Crippen LogP contribution in [0.25, 0.3) is 5.69 Å². The van der Waals surface area contributed by atoms with Crippen LogP contribution in [0.2, 0.25) is 0 Å². The molecule has 2 aromatic carbocycles. The van der Waals surface area contributed by atoms with Gasteiger partial charge in [-0.2, -0.15) is 0 Å². The average Bonchev–Trinajstić information content (AvgIpc) is 3.20. The van der Waals surface area contributed by atoms with Crippen LogP contribution in [0.3, 0.4) is 0 Å². The maximum absolute atomic E-state index is 12.3. The van der Waals surface area contributed by atoms with E-state index >= 15 is 0 Å². The van der Waals surface area contributed by atoms with Crippen LogP contribution in [-0.2, 0) is 11.2 Å². The highest BCUT2D eigenvalue weighted by Crippen LogP contribution is 2.28. The summed E-state index contributed by atoms with van der Waals surface area (Å²) < 4.78 is 12.1. The fourth-order valence-electron chi connectivity index (χ4n) is 2.78. The number of carbonyl (C=O) groups is 1. The molecule has 0 unspecified atom stereocenters. The molecule has 1 amide bonds. The predicted octanol–water partition coefficient (Wildman–Crippen LogP) is 2.56. The average molecular weight is 367 g/mol. The molecule has 3 aromatic rings. The maximum atomic E-state index is 12.3. The van der Waals surface area contributed by atoms with E-state index < -0.39 is 0 Å². The van der Waals surface area contributed by atoms with Crippen LogP contribution in [0.4, 0.5) is 5.69 Å². The largest absolute Gasteiger partial charge is 0.493 e. The molecule has 1 heterocycles. The number of hydrogen-bond donors (Lipinski definition) is 1. The van der Waals surface area contributed by atoms with Gasteiger partial charge in [0.2, 0.25) is 5.91 Å². The van der Waals surface area contributed by atoms with Crippen molar-refractivity contribution in [2.45, 2.75) is 19.8 Å². The molecule has 27 heavy (non-hydrogen) atoms. The van der Waals surface area contributed by atoms with E-state index in [2.05, 4.69) is 20.8 Å². The third-order valence-corrected chi connectivity index (χ3v) is 4.17. The Morgan fingerprint density at radius 3 is 2.59 bits per heavy atom. The first kappa shape index (κ1) is 18.4. The number of aryl methyl sites for hydroxylation is 2. The number of ether oxygens (including phenoxy) is 2. The van der Waals surface area contributed by atoms with Gasteiger partial charge in [-0.1, -0.05) is 6.07 Å². The van der Waals surface area contributed by atoms with E-state index in [4.69, 9.17) is 9.47 Å². The molecule has 0 aliphatic rings. The first-order valence-corrected chi connectivity index (χ1v) is 8.45. The second-order valence-electron chi connectivity index (χ2n) is 5.99. The van der Waals surface area contributed by atoms with E-state index in [1.165, 1.54) is 6.33 Å². The minimum absolute atomic E-state index is 0.0562. The number of anilines is 1. The Labute approximate surface area is 157 Å². The van der Waals surface area contributed by atoms with Crippen LogP contribution in [0, 0.1) is 6.92 Å². The Morgan fingerprint density at radius 1 is 1.11 bits per heavy atom. The maximum Gasteiger partial charge on any atom is 0.224 e. The number of methoxy groups -OCH3 is 2. The van der Waals surface area contributed by atoms with Crippen LogP contribution >= 0.6 is 0 Å². The number of tetrazole rings is 1. The Balaban J connectivity index is 1.60. The fourth-order valence-corrected chi connectivity index (χ4v) is 2.78. The van der Waals surface area contributed by atoms with Gasteiger partial charge in [-0.25, -0.2) is 4.68 Å². The van der Waals surface area contributed by atoms with Gasteiger partial charge in [-0.05, 0) is 65.2 Å². The summed E-state index contributed by atoms with van der Waals surface area (Å²) in [6.45, 7) is 1.94. The first-order valence-electron chi connectivity index (χ1n) is 8.45. The molecule has 0 saturated heterocycles. The van der Waals surface area contributed by atoms with Gasteiger partial charge in [0.1, 0.15) is 6.33 Å². The van der Waals surface area contributed by atoms with Crippen molar-refractivity contribution in [3.63, 3.8) is 0 Å². The second-order valence-corrected chi connectivity index (χ2v) is 5.99. The highest BCUT2D eigenvalue weighted by Gasteiger charge is 2.09. The SMILES string of the molecule is COc1ccc(CCC(=O)Nc2ccc(-n3cnnn3)c(C)c2)cc1OC. The molecule has 0 saturated carbocycles. The lowest BCUT2D eigenvalue weighted by molar-refractivity contribution is -0.116. The molecule has 1 N–H and O–H groups in total. The molecule has 8 heteroatoms. The molecule has 8 nitrogen and oxygen atoms in total. The van der Waals surface area contributed by atoms with Gasteiger partial charge < -0.3 is 14.8 Å². The van der Waals surface area contributed by atoms with Crippen LogP contribution in [0.1, 0.15) is 17.5 Å². The van der Waals surface area contributed by atoms with Crippen LogP contribution < -0.4 is 14.8 Å². The number of amides is 1. The molecule has 0 atom stereocenters. The number of benzene rings is 2. The Hall–Kier alpha value is -3.42. The van der Waals surface area contributed by atoms with E-state index in [9.17, 15) is 4.79 Å². The topological polar surface area (TPSA) is 91.2 Å². The lowest BCUT2D eigenvalue weighted by Gasteiger charge is -2.11. The molecule has 0 aliphatic carbocycles. The van der Waals surface area contributed by atoms with Crippen LogP contribution in [0.15, 0.2) is 42.7 Å². The summed E-state index contributed by atoms with van der Waals surface area (Å²) in [5.74, 6) is 1.27. The van der Waals surface area contributed by atoms with Gasteiger partial charge in [-0.3, -0.25) is 4.79 Å². The number of hydrogen-bond acceptors (Lipinski definition) is 6. The van der Waals surface area contributed by atoms with Gasteiger partial charge in [-0.15, -0.1) is 5.10 Å². The van der Waals surface area contributed by atoms with Crippen LogP contribution in [-0.4, -0.2) is 40.3 Å². The summed E-state index contributed by atoms with van der Waals surface area (Å²) in [5, 5.41) is 14.1. The molecule has 0 aliphatic heterocycles. The van der Waals surface area contributed by atoms with Crippen molar-refractivity contribution in [2.24, 2.45) is 0 Å². The summed E-state index contributed by atoms with van der Waals surface area (Å²) in [5.41, 5.74) is 3.57. The number of aromatic nitrogens is 4. The normalized spacial score (nSPS) is 10.5. The van der Waals surface area contributed by atoms with E-state index in [0.29, 0.717) is 24.3 Å². The van der Waals surface area contributed by atoms with Crippen molar-refractivity contribution in [2.75, 3.05) is 19.5 Å². The zero-order chi connectivity index (χ0) is 19.2. The van der Waals surface area contributed by atoms with E-state index in [1.54, 1.807) is 18.9 Å². The number of nitrogens with one attached hydrogen (secondary N) is 1. The number of rotatable bonds is 7. The first-order chi connectivity index (χ1) is 13.1. The Kier molecular flexibility index (Phi) is 5.65. The van der Waals surface area contributed by atoms with Crippen molar-refractivity contribution in [1.29, 1.82) is 0 Å².